The SMILES string of the molecule is CCCCC(NC(=O)CC1CCNCC1)C(=O)O. The number of amides is 1. The number of hydrogen-bond donors (Lipinski definition) is 3. The molecule has 104 valence electrons. The van der Waals surface area contributed by atoms with Crippen LogP contribution in [-0.2, 0) is 9.59 Å². The van der Waals surface area contributed by atoms with Crippen molar-refractivity contribution in [2.45, 2.75) is 51.5 Å². The van der Waals surface area contributed by atoms with Crippen molar-refractivity contribution in [1.29, 1.82) is 0 Å². The van der Waals surface area contributed by atoms with Crippen LogP contribution in [0.25, 0.3) is 0 Å². The first-order valence-electron chi connectivity index (χ1n) is 6.86. The predicted octanol–water partition coefficient (Wildman–Crippen LogP) is 1.14. The van der Waals surface area contributed by atoms with E-state index in [1.54, 1.807) is 0 Å². The van der Waals surface area contributed by atoms with Crippen LogP contribution in [0.3, 0.4) is 0 Å². The highest BCUT2D eigenvalue weighted by molar-refractivity contribution is 5.83. The number of unbranched alkanes of at least 4 members (excludes halogenated alkanes) is 1. The fourth-order valence-corrected chi connectivity index (χ4v) is 2.27. The zero-order valence-corrected chi connectivity index (χ0v) is 11.1. The van der Waals surface area contributed by atoms with E-state index >= 15 is 0 Å². The molecule has 0 aromatic carbocycles. The number of carbonyl (C=O) groups is 2. The van der Waals surface area contributed by atoms with E-state index in [0.717, 1.165) is 38.8 Å². The molecule has 1 rings (SSSR count). The molecule has 3 N–H and O–H groups in total. The highest BCUT2D eigenvalue weighted by atomic mass is 16.4. The van der Waals surface area contributed by atoms with Gasteiger partial charge in [-0.3, -0.25) is 4.79 Å². The molecule has 1 aliphatic rings. The second kappa shape index (κ2) is 8.08. The number of hydrogen-bond acceptors (Lipinski definition) is 3. The second-order valence-electron chi connectivity index (χ2n) is 5.00. The summed E-state index contributed by atoms with van der Waals surface area (Å²) in [7, 11) is 0. The number of carbonyl (C=O) groups excluding carboxylic acids is 1. The van der Waals surface area contributed by atoms with Crippen molar-refractivity contribution in [3.05, 3.63) is 0 Å². The van der Waals surface area contributed by atoms with Crippen molar-refractivity contribution in [2.24, 2.45) is 5.92 Å². The van der Waals surface area contributed by atoms with E-state index in [0.29, 0.717) is 18.8 Å². The Morgan fingerprint density at radius 3 is 2.61 bits per heavy atom. The number of nitrogens with one attached hydrogen (secondary N) is 2. The third-order valence-corrected chi connectivity index (χ3v) is 3.41. The van der Waals surface area contributed by atoms with E-state index in [4.69, 9.17) is 5.11 Å². The summed E-state index contributed by atoms with van der Waals surface area (Å²) < 4.78 is 0. The molecule has 1 aliphatic heterocycles. The molecule has 1 fully saturated rings. The lowest BCUT2D eigenvalue weighted by molar-refractivity contribution is -0.142. The van der Waals surface area contributed by atoms with Crippen molar-refractivity contribution >= 4 is 11.9 Å². The van der Waals surface area contributed by atoms with Crippen LogP contribution < -0.4 is 10.6 Å². The Balaban J connectivity index is 2.32. The monoisotopic (exact) mass is 256 g/mol. The molecule has 0 aromatic rings. The highest BCUT2D eigenvalue weighted by Gasteiger charge is 2.22. The van der Waals surface area contributed by atoms with Crippen molar-refractivity contribution in [3.8, 4) is 0 Å². The van der Waals surface area contributed by atoms with Gasteiger partial charge in [-0.25, -0.2) is 4.79 Å². The van der Waals surface area contributed by atoms with Gasteiger partial charge >= 0.3 is 5.97 Å². The molecule has 0 aromatic heterocycles. The Labute approximate surface area is 108 Å². The zero-order chi connectivity index (χ0) is 13.4. The van der Waals surface area contributed by atoms with E-state index in [2.05, 4.69) is 10.6 Å². The van der Waals surface area contributed by atoms with Gasteiger partial charge in [-0.2, -0.15) is 0 Å². The molecule has 18 heavy (non-hydrogen) atoms. The van der Waals surface area contributed by atoms with E-state index in [-0.39, 0.29) is 5.91 Å². The number of rotatable bonds is 7. The first-order valence-corrected chi connectivity index (χ1v) is 6.86. The van der Waals surface area contributed by atoms with Gasteiger partial charge in [0.1, 0.15) is 6.04 Å². The third kappa shape index (κ3) is 5.49. The predicted molar refractivity (Wildman–Crippen MR) is 69.3 cm³/mol. The summed E-state index contributed by atoms with van der Waals surface area (Å²) in [6.07, 6.45) is 4.74. The van der Waals surface area contributed by atoms with Crippen LogP contribution in [0.4, 0.5) is 0 Å². The van der Waals surface area contributed by atoms with E-state index < -0.39 is 12.0 Å². The lowest BCUT2D eigenvalue weighted by Crippen LogP contribution is -2.42. The number of aliphatic carboxylic acids is 1. The summed E-state index contributed by atoms with van der Waals surface area (Å²) >= 11 is 0. The van der Waals surface area contributed by atoms with Crippen molar-refractivity contribution in [1.82, 2.24) is 10.6 Å². The van der Waals surface area contributed by atoms with Gasteiger partial charge in [0.25, 0.3) is 0 Å². The minimum atomic E-state index is -0.929. The van der Waals surface area contributed by atoms with Gasteiger partial charge in [-0.05, 0) is 38.3 Å². The maximum atomic E-state index is 11.8. The van der Waals surface area contributed by atoms with E-state index in [9.17, 15) is 9.59 Å². The average Bonchev–Trinajstić information content (AvgIpc) is 2.35. The highest BCUT2D eigenvalue weighted by Crippen LogP contribution is 2.15. The summed E-state index contributed by atoms with van der Waals surface area (Å²) in [5.41, 5.74) is 0. The fourth-order valence-electron chi connectivity index (χ4n) is 2.27. The standard InChI is InChI=1S/C13H24N2O3/c1-2-3-4-11(13(17)18)15-12(16)9-10-5-7-14-8-6-10/h10-11,14H,2-9H2,1H3,(H,15,16)(H,17,18). The second-order valence-corrected chi connectivity index (χ2v) is 5.00. The van der Waals surface area contributed by atoms with Crippen LogP contribution in [0.2, 0.25) is 0 Å². The first kappa shape index (κ1) is 15.0. The Bertz CT molecular complexity index is 275. The van der Waals surface area contributed by atoms with Crippen molar-refractivity contribution in [3.63, 3.8) is 0 Å². The molecule has 1 amide bonds. The minimum absolute atomic E-state index is 0.120. The summed E-state index contributed by atoms with van der Waals surface area (Å²) in [5.74, 6) is -0.653. The van der Waals surface area contributed by atoms with Crippen LogP contribution in [-0.4, -0.2) is 36.1 Å². The molecule has 0 radical (unpaired) electrons. The fraction of sp³-hybridized carbons (Fsp3) is 0.846. The zero-order valence-electron chi connectivity index (χ0n) is 11.1. The molecule has 5 nitrogen and oxygen atoms in total. The van der Waals surface area contributed by atoms with Gasteiger partial charge in [-0.15, -0.1) is 0 Å². The molecular weight excluding hydrogens is 232 g/mol. The summed E-state index contributed by atoms with van der Waals surface area (Å²) in [6, 6.07) is -0.723. The van der Waals surface area contributed by atoms with Crippen molar-refractivity contribution < 1.29 is 14.7 Å². The van der Waals surface area contributed by atoms with Gasteiger partial charge in [0.2, 0.25) is 5.91 Å². The molecule has 1 heterocycles. The molecule has 5 heteroatoms. The quantitative estimate of drug-likeness (QED) is 0.638. The van der Waals surface area contributed by atoms with Crippen LogP contribution in [0.1, 0.15) is 45.4 Å². The Morgan fingerprint density at radius 2 is 2.06 bits per heavy atom. The molecule has 0 spiro atoms. The smallest absolute Gasteiger partial charge is 0.326 e. The molecule has 1 saturated heterocycles. The van der Waals surface area contributed by atoms with Crippen LogP contribution >= 0.6 is 0 Å². The van der Waals surface area contributed by atoms with E-state index in [1.807, 2.05) is 6.92 Å². The van der Waals surface area contributed by atoms with Gasteiger partial charge in [0, 0.05) is 6.42 Å². The van der Waals surface area contributed by atoms with Gasteiger partial charge < -0.3 is 15.7 Å². The van der Waals surface area contributed by atoms with Crippen LogP contribution in [0, 0.1) is 5.92 Å². The van der Waals surface area contributed by atoms with Crippen molar-refractivity contribution in [2.75, 3.05) is 13.1 Å². The Hall–Kier alpha value is -1.10. The molecule has 1 atom stereocenters. The van der Waals surface area contributed by atoms with Gasteiger partial charge in [-0.1, -0.05) is 19.8 Å². The molecule has 0 bridgehead atoms. The largest absolute Gasteiger partial charge is 0.480 e. The number of carboxylic acids is 1. The molecule has 1 unspecified atom stereocenters. The maximum absolute atomic E-state index is 11.8. The van der Waals surface area contributed by atoms with Crippen LogP contribution in [0.15, 0.2) is 0 Å². The summed E-state index contributed by atoms with van der Waals surface area (Å²) in [6.45, 7) is 3.92. The normalized spacial score (nSPS) is 18.3. The lowest BCUT2D eigenvalue weighted by atomic mass is 9.94. The van der Waals surface area contributed by atoms with E-state index in [1.165, 1.54) is 0 Å². The number of carboxylic acid groups (broad SMARTS) is 1. The van der Waals surface area contributed by atoms with Crippen LogP contribution in [0.5, 0.6) is 0 Å². The molecular formula is C13H24N2O3. The molecule has 0 aliphatic carbocycles. The Kier molecular flexibility index (Phi) is 6.72. The maximum Gasteiger partial charge on any atom is 0.326 e. The topological polar surface area (TPSA) is 78.4 Å². The summed E-state index contributed by atoms with van der Waals surface area (Å²) in [5, 5.41) is 14.9. The average molecular weight is 256 g/mol. The lowest BCUT2D eigenvalue weighted by Gasteiger charge is -2.23. The molecule has 0 saturated carbocycles. The third-order valence-electron chi connectivity index (χ3n) is 3.41. The Morgan fingerprint density at radius 1 is 1.39 bits per heavy atom. The number of piperidine rings is 1. The van der Waals surface area contributed by atoms with Gasteiger partial charge in [0.15, 0.2) is 0 Å². The van der Waals surface area contributed by atoms with Gasteiger partial charge in [0.05, 0.1) is 0 Å². The minimum Gasteiger partial charge on any atom is -0.480 e. The summed E-state index contributed by atoms with van der Waals surface area (Å²) in [4.78, 5) is 22.8. The first-order chi connectivity index (χ1) is 8.63.